The van der Waals surface area contributed by atoms with Crippen LogP contribution in [0.3, 0.4) is 0 Å². The number of hydrogen-bond acceptors (Lipinski definition) is 3. The number of nitrogens with two attached hydrogens (primary N) is 1. The summed E-state index contributed by atoms with van der Waals surface area (Å²) in [5.74, 6) is -0.195. The second-order valence-electron chi connectivity index (χ2n) is 4.57. The maximum atomic E-state index is 11.5. The van der Waals surface area contributed by atoms with Gasteiger partial charge in [0.05, 0.1) is 5.41 Å². The van der Waals surface area contributed by atoms with Crippen LogP contribution in [0.25, 0.3) is 0 Å². The molecule has 1 aromatic carbocycles. The standard InChI is InChI=1S/C12H17NO2.C2H6.H2/c1-12(2,3)11(14)15-8-9-4-6-10(13)7-5-9;1-2;/h4-7H,8,13H2,1-3H3;1-2H3;1H. The molecule has 17 heavy (non-hydrogen) atoms. The molecule has 0 fully saturated rings. The molecular formula is C14H25NO2. The molecule has 0 heterocycles. The van der Waals surface area contributed by atoms with E-state index in [0.29, 0.717) is 12.3 Å². The molecule has 0 aliphatic rings. The number of carbonyl (C=O) groups excluding carboxylic acids is 1. The summed E-state index contributed by atoms with van der Waals surface area (Å²) >= 11 is 0. The van der Waals surface area contributed by atoms with Crippen LogP contribution >= 0.6 is 0 Å². The normalized spacial score (nSPS) is 10.2. The van der Waals surface area contributed by atoms with Crippen LogP contribution in [0.4, 0.5) is 5.69 Å². The fourth-order valence-electron chi connectivity index (χ4n) is 0.979. The number of benzene rings is 1. The lowest BCUT2D eigenvalue weighted by atomic mass is 9.97. The Morgan fingerprint density at radius 1 is 1.24 bits per heavy atom. The van der Waals surface area contributed by atoms with Gasteiger partial charge in [0.1, 0.15) is 6.61 Å². The number of rotatable bonds is 2. The molecule has 0 atom stereocenters. The third-order valence-electron chi connectivity index (χ3n) is 1.96. The summed E-state index contributed by atoms with van der Waals surface area (Å²) in [5.41, 5.74) is 6.75. The van der Waals surface area contributed by atoms with E-state index in [-0.39, 0.29) is 7.40 Å². The zero-order valence-corrected chi connectivity index (χ0v) is 11.4. The quantitative estimate of drug-likeness (QED) is 0.633. The molecule has 0 unspecified atom stereocenters. The van der Waals surface area contributed by atoms with Gasteiger partial charge >= 0.3 is 5.97 Å². The molecule has 1 rings (SSSR count). The van der Waals surface area contributed by atoms with Gasteiger partial charge in [-0.3, -0.25) is 4.79 Å². The van der Waals surface area contributed by atoms with Crippen molar-refractivity contribution in [3.63, 3.8) is 0 Å². The SMILES string of the molecule is CC.CC(C)(C)C(=O)OCc1ccc(N)cc1.[HH]. The van der Waals surface area contributed by atoms with Crippen molar-refractivity contribution in [1.82, 2.24) is 0 Å². The van der Waals surface area contributed by atoms with Crippen LogP contribution in [-0.2, 0) is 16.1 Å². The first-order valence-electron chi connectivity index (χ1n) is 5.91. The molecule has 0 radical (unpaired) electrons. The highest BCUT2D eigenvalue weighted by Gasteiger charge is 2.22. The van der Waals surface area contributed by atoms with E-state index in [1.54, 1.807) is 12.1 Å². The Kier molecular flexibility index (Phi) is 6.33. The molecule has 3 heteroatoms. The van der Waals surface area contributed by atoms with E-state index in [1.807, 2.05) is 46.8 Å². The van der Waals surface area contributed by atoms with Gasteiger partial charge in [0.15, 0.2) is 0 Å². The van der Waals surface area contributed by atoms with E-state index < -0.39 is 5.41 Å². The Bertz CT molecular complexity index is 342. The number of nitrogen functional groups attached to an aromatic ring is 1. The van der Waals surface area contributed by atoms with Gasteiger partial charge in [-0.2, -0.15) is 0 Å². The number of carbonyl (C=O) groups is 1. The van der Waals surface area contributed by atoms with Crippen LogP contribution in [0.5, 0.6) is 0 Å². The second-order valence-corrected chi connectivity index (χ2v) is 4.57. The summed E-state index contributed by atoms with van der Waals surface area (Å²) in [6.45, 7) is 9.80. The molecule has 0 spiro atoms. The number of hydrogen-bond donors (Lipinski definition) is 1. The predicted molar refractivity (Wildman–Crippen MR) is 73.6 cm³/mol. The first kappa shape index (κ1) is 15.5. The largest absolute Gasteiger partial charge is 0.460 e. The molecule has 0 aliphatic carbocycles. The average molecular weight is 239 g/mol. The van der Waals surface area contributed by atoms with Gasteiger partial charge in [-0.25, -0.2) is 0 Å². The minimum Gasteiger partial charge on any atom is -0.460 e. The van der Waals surface area contributed by atoms with Crippen molar-refractivity contribution >= 4 is 11.7 Å². The third kappa shape index (κ3) is 5.95. The fraction of sp³-hybridized carbons (Fsp3) is 0.500. The van der Waals surface area contributed by atoms with E-state index in [1.165, 1.54) is 0 Å². The molecular weight excluding hydrogens is 214 g/mol. The Morgan fingerprint density at radius 2 is 1.71 bits per heavy atom. The molecule has 2 N–H and O–H groups in total. The van der Waals surface area contributed by atoms with Gasteiger partial charge in [-0.1, -0.05) is 26.0 Å². The van der Waals surface area contributed by atoms with Gasteiger partial charge in [0.2, 0.25) is 0 Å². The van der Waals surface area contributed by atoms with Gasteiger partial charge in [0, 0.05) is 7.11 Å². The molecule has 3 nitrogen and oxygen atoms in total. The number of anilines is 1. The molecule has 0 bridgehead atoms. The Hall–Kier alpha value is -1.51. The second kappa shape index (κ2) is 6.94. The van der Waals surface area contributed by atoms with Crippen LogP contribution < -0.4 is 5.73 Å². The smallest absolute Gasteiger partial charge is 0.311 e. The molecule has 0 aliphatic heterocycles. The number of esters is 1. The number of ether oxygens (including phenoxy) is 1. The summed E-state index contributed by atoms with van der Waals surface area (Å²) in [5, 5.41) is 0. The van der Waals surface area contributed by atoms with Gasteiger partial charge in [-0.15, -0.1) is 0 Å². The van der Waals surface area contributed by atoms with Gasteiger partial charge < -0.3 is 10.5 Å². The lowest BCUT2D eigenvalue weighted by Crippen LogP contribution is -2.22. The summed E-state index contributed by atoms with van der Waals surface area (Å²) in [7, 11) is 0. The molecule has 0 saturated carbocycles. The van der Waals surface area contributed by atoms with Crippen molar-refractivity contribution in [1.29, 1.82) is 0 Å². The summed E-state index contributed by atoms with van der Waals surface area (Å²) in [6.07, 6.45) is 0. The van der Waals surface area contributed by atoms with Crippen LogP contribution in [-0.4, -0.2) is 5.97 Å². The summed E-state index contributed by atoms with van der Waals surface area (Å²) < 4.78 is 5.15. The predicted octanol–water partition coefficient (Wildman–Crippen LogP) is 3.63. The van der Waals surface area contributed by atoms with Crippen molar-refractivity contribution in [2.24, 2.45) is 5.41 Å². The van der Waals surface area contributed by atoms with E-state index in [4.69, 9.17) is 10.5 Å². The van der Waals surface area contributed by atoms with Gasteiger partial charge in [-0.05, 0) is 38.5 Å². The van der Waals surface area contributed by atoms with Crippen LogP contribution in [0, 0.1) is 5.41 Å². The highest BCUT2D eigenvalue weighted by atomic mass is 16.5. The topological polar surface area (TPSA) is 52.3 Å². The molecule has 0 amide bonds. The lowest BCUT2D eigenvalue weighted by molar-refractivity contribution is -0.154. The molecule has 0 saturated heterocycles. The third-order valence-corrected chi connectivity index (χ3v) is 1.96. The summed E-state index contributed by atoms with van der Waals surface area (Å²) in [6, 6.07) is 7.29. The minimum absolute atomic E-state index is 0. The highest BCUT2D eigenvalue weighted by molar-refractivity contribution is 5.75. The van der Waals surface area contributed by atoms with Crippen LogP contribution in [0.15, 0.2) is 24.3 Å². The fourth-order valence-corrected chi connectivity index (χ4v) is 0.979. The Morgan fingerprint density at radius 3 is 2.12 bits per heavy atom. The van der Waals surface area contributed by atoms with Crippen molar-refractivity contribution in [3.05, 3.63) is 29.8 Å². The van der Waals surface area contributed by atoms with Crippen LogP contribution in [0.1, 0.15) is 41.6 Å². The Labute approximate surface area is 105 Å². The van der Waals surface area contributed by atoms with E-state index in [0.717, 1.165) is 5.56 Å². The maximum absolute atomic E-state index is 11.5. The Balaban J connectivity index is 0. The molecule has 98 valence electrons. The highest BCUT2D eigenvalue weighted by Crippen LogP contribution is 2.16. The average Bonchev–Trinajstić information content (AvgIpc) is 2.29. The van der Waals surface area contributed by atoms with E-state index >= 15 is 0 Å². The lowest BCUT2D eigenvalue weighted by Gasteiger charge is -2.16. The molecule has 1 aromatic rings. The zero-order valence-electron chi connectivity index (χ0n) is 11.4. The van der Waals surface area contributed by atoms with Crippen molar-refractivity contribution in [3.8, 4) is 0 Å². The maximum Gasteiger partial charge on any atom is 0.311 e. The summed E-state index contributed by atoms with van der Waals surface area (Å²) in [4.78, 5) is 11.5. The molecule has 0 aromatic heterocycles. The van der Waals surface area contributed by atoms with E-state index in [2.05, 4.69) is 0 Å². The van der Waals surface area contributed by atoms with Crippen molar-refractivity contribution in [2.45, 2.75) is 41.2 Å². The monoisotopic (exact) mass is 239 g/mol. The van der Waals surface area contributed by atoms with Crippen LogP contribution in [0.2, 0.25) is 0 Å². The van der Waals surface area contributed by atoms with Crippen molar-refractivity contribution < 1.29 is 11.0 Å². The zero-order chi connectivity index (χ0) is 13.5. The van der Waals surface area contributed by atoms with Gasteiger partial charge in [0.25, 0.3) is 0 Å². The first-order valence-corrected chi connectivity index (χ1v) is 5.91. The van der Waals surface area contributed by atoms with Crippen molar-refractivity contribution in [2.75, 3.05) is 5.73 Å². The first-order chi connectivity index (χ1) is 7.89. The van der Waals surface area contributed by atoms with E-state index in [9.17, 15) is 4.79 Å². The minimum atomic E-state index is -0.451.